The number of carbonyl (C=O) groups is 1. The third-order valence-electron chi connectivity index (χ3n) is 5.02. The Morgan fingerprint density at radius 2 is 1.91 bits per heavy atom. The van der Waals surface area contributed by atoms with E-state index in [4.69, 9.17) is 14.0 Å². The van der Waals surface area contributed by atoms with Gasteiger partial charge >= 0.3 is 0 Å². The Kier molecular flexibility index (Phi) is 6.36. The van der Waals surface area contributed by atoms with Crippen LogP contribution in [-0.2, 0) is 11.3 Å². The summed E-state index contributed by atoms with van der Waals surface area (Å²) in [6.45, 7) is 7.04. The summed E-state index contributed by atoms with van der Waals surface area (Å²) in [5, 5.41) is 6.49. The summed E-state index contributed by atoms with van der Waals surface area (Å²) in [5.74, 6) is 0.744. The normalized spacial score (nSPS) is 18.4. The van der Waals surface area contributed by atoms with E-state index in [1.54, 1.807) is 43.3 Å². The highest BCUT2D eigenvalue weighted by Gasteiger charge is 2.24. The minimum Gasteiger partial charge on any atom is -0.485 e. The maximum atomic E-state index is 14.8. The van der Waals surface area contributed by atoms with Crippen LogP contribution >= 0.6 is 0 Å². The second kappa shape index (κ2) is 9.35. The SMILES string of the molecule is Cc1nc(COc2ccc(C(=O)Nc3ccc(N4CC(C)OC(C)C4)c(F)c3)cc2)no1. The molecule has 1 saturated heterocycles. The molecule has 0 aliphatic carbocycles. The number of amides is 1. The maximum Gasteiger partial charge on any atom is 0.255 e. The quantitative estimate of drug-likeness (QED) is 0.620. The molecule has 0 saturated carbocycles. The van der Waals surface area contributed by atoms with Crippen molar-refractivity contribution in [1.29, 1.82) is 0 Å². The molecule has 2 aromatic carbocycles. The summed E-state index contributed by atoms with van der Waals surface area (Å²) in [6, 6.07) is 11.3. The molecule has 2 unspecified atom stereocenters. The molecule has 4 rings (SSSR count). The molecule has 1 amide bonds. The largest absolute Gasteiger partial charge is 0.485 e. The van der Waals surface area contributed by atoms with Gasteiger partial charge in [-0.2, -0.15) is 4.98 Å². The first kappa shape index (κ1) is 21.8. The van der Waals surface area contributed by atoms with E-state index >= 15 is 0 Å². The predicted octanol–water partition coefficient (Wildman–Crippen LogP) is 3.96. The number of aromatic nitrogens is 2. The molecule has 1 N–H and O–H groups in total. The number of rotatable bonds is 6. The van der Waals surface area contributed by atoms with Crippen LogP contribution in [0.3, 0.4) is 0 Å². The fourth-order valence-electron chi connectivity index (χ4n) is 3.67. The molecule has 3 aromatic rings. The Hall–Kier alpha value is -3.46. The molecule has 168 valence electrons. The summed E-state index contributed by atoms with van der Waals surface area (Å²) in [7, 11) is 0. The number of aryl methyl sites for hydroxylation is 1. The first-order chi connectivity index (χ1) is 15.4. The highest BCUT2D eigenvalue weighted by molar-refractivity contribution is 6.04. The van der Waals surface area contributed by atoms with Crippen LogP contribution in [0.5, 0.6) is 5.75 Å². The van der Waals surface area contributed by atoms with Crippen molar-refractivity contribution in [3.8, 4) is 5.75 Å². The van der Waals surface area contributed by atoms with Gasteiger partial charge in [-0.15, -0.1) is 0 Å². The minimum absolute atomic E-state index is 0.0285. The molecule has 1 aliphatic heterocycles. The minimum atomic E-state index is -0.385. The lowest BCUT2D eigenvalue weighted by Gasteiger charge is -2.37. The Morgan fingerprint density at radius 3 is 2.53 bits per heavy atom. The van der Waals surface area contributed by atoms with Crippen LogP contribution in [0.1, 0.15) is 35.9 Å². The van der Waals surface area contributed by atoms with Gasteiger partial charge < -0.3 is 24.2 Å². The van der Waals surface area contributed by atoms with Gasteiger partial charge in [-0.25, -0.2) is 4.39 Å². The van der Waals surface area contributed by atoms with Crippen molar-refractivity contribution in [3.05, 3.63) is 65.6 Å². The number of nitrogens with zero attached hydrogens (tertiary/aromatic N) is 3. The molecular weight excluding hydrogens is 415 g/mol. The second-order valence-corrected chi connectivity index (χ2v) is 7.83. The standard InChI is InChI=1S/C23H25FN4O4/c1-14-11-28(12-15(2)31-14)21-9-6-18(10-20(21)24)26-23(29)17-4-7-19(8-5-17)30-13-22-25-16(3)32-27-22/h4-10,14-15H,11-13H2,1-3H3,(H,26,29). The van der Waals surface area contributed by atoms with Crippen LogP contribution in [0.15, 0.2) is 47.0 Å². The van der Waals surface area contributed by atoms with E-state index in [2.05, 4.69) is 15.5 Å². The highest BCUT2D eigenvalue weighted by atomic mass is 19.1. The molecule has 0 radical (unpaired) electrons. The fourth-order valence-corrected chi connectivity index (χ4v) is 3.67. The Balaban J connectivity index is 1.36. The fraction of sp³-hybridized carbons (Fsp3) is 0.348. The number of carbonyl (C=O) groups excluding carboxylic acids is 1. The number of halogens is 1. The van der Waals surface area contributed by atoms with Gasteiger partial charge in [0.25, 0.3) is 5.91 Å². The van der Waals surface area contributed by atoms with Gasteiger partial charge in [-0.3, -0.25) is 4.79 Å². The Morgan fingerprint density at radius 1 is 1.19 bits per heavy atom. The zero-order chi connectivity index (χ0) is 22.7. The summed E-state index contributed by atoms with van der Waals surface area (Å²) in [4.78, 5) is 18.6. The van der Waals surface area contributed by atoms with Crippen LogP contribution in [0.25, 0.3) is 0 Å². The summed E-state index contributed by atoms with van der Waals surface area (Å²) in [5.41, 5.74) is 1.31. The zero-order valence-electron chi connectivity index (χ0n) is 18.2. The van der Waals surface area contributed by atoms with E-state index in [0.717, 1.165) is 0 Å². The van der Waals surface area contributed by atoms with E-state index in [0.29, 0.717) is 47.5 Å². The van der Waals surface area contributed by atoms with Gasteiger partial charge in [0.1, 0.15) is 11.6 Å². The van der Waals surface area contributed by atoms with Crippen molar-refractivity contribution in [1.82, 2.24) is 10.1 Å². The molecule has 0 spiro atoms. The first-order valence-electron chi connectivity index (χ1n) is 10.4. The van der Waals surface area contributed by atoms with Gasteiger partial charge in [-0.1, -0.05) is 5.16 Å². The monoisotopic (exact) mass is 440 g/mol. The van der Waals surface area contributed by atoms with Crippen LogP contribution in [-0.4, -0.2) is 41.3 Å². The van der Waals surface area contributed by atoms with Gasteiger partial charge in [0.2, 0.25) is 11.7 Å². The van der Waals surface area contributed by atoms with Crippen LogP contribution in [0, 0.1) is 12.7 Å². The maximum absolute atomic E-state index is 14.8. The molecule has 32 heavy (non-hydrogen) atoms. The van der Waals surface area contributed by atoms with E-state index in [-0.39, 0.29) is 30.5 Å². The topological polar surface area (TPSA) is 89.7 Å². The number of hydrogen-bond donors (Lipinski definition) is 1. The van der Waals surface area contributed by atoms with Gasteiger partial charge in [0, 0.05) is 31.3 Å². The number of nitrogens with one attached hydrogen (secondary N) is 1. The lowest BCUT2D eigenvalue weighted by Crippen LogP contribution is -2.45. The van der Waals surface area contributed by atoms with Crippen molar-refractivity contribution < 1.29 is 23.2 Å². The Labute approximate surface area is 185 Å². The molecule has 2 atom stereocenters. The molecular formula is C23H25FN4O4. The van der Waals surface area contributed by atoms with Crippen LogP contribution in [0.4, 0.5) is 15.8 Å². The third-order valence-corrected chi connectivity index (χ3v) is 5.02. The average molecular weight is 440 g/mol. The lowest BCUT2D eigenvalue weighted by atomic mass is 10.1. The summed E-state index contributed by atoms with van der Waals surface area (Å²) < 4.78 is 30.9. The number of anilines is 2. The van der Waals surface area contributed by atoms with E-state index < -0.39 is 0 Å². The lowest BCUT2D eigenvalue weighted by molar-refractivity contribution is -0.00539. The van der Waals surface area contributed by atoms with E-state index in [9.17, 15) is 9.18 Å². The number of benzene rings is 2. The summed E-state index contributed by atoms with van der Waals surface area (Å²) >= 11 is 0. The molecule has 9 heteroatoms. The first-order valence-corrected chi connectivity index (χ1v) is 10.4. The van der Waals surface area contributed by atoms with E-state index in [1.807, 2.05) is 18.7 Å². The zero-order valence-corrected chi connectivity index (χ0v) is 18.2. The molecule has 0 bridgehead atoms. The van der Waals surface area contributed by atoms with Crippen molar-refractivity contribution in [3.63, 3.8) is 0 Å². The molecule has 8 nitrogen and oxygen atoms in total. The number of hydrogen-bond acceptors (Lipinski definition) is 7. The highest BCUT2D eigenvalue weighted by Crippen LogP contribution is 2.26. The van der Waals surface area contributed by atoms with Crippen molar-refractivity contribution >= 4 is 17.3 Å². The van der Waals surface area contributed by atoms with Crippen molar-refractivity contribution in [2.45, 2.75) is 39.6 Å². The molecule has 2 heterocycles. The van der Waals surface area contributed by atoms with Crippen LogP contribution in [0.2, 0.25) is 0 Å². The molecule has 1 fully saturated rings. The molecule has 1 aliphatic rings. The Bertz CT molecular complexity index is 1080. The van der Waals surface area contributed by atoms with Gasteiger partial charge in [0.05, 0.1) is 17.9 Å². The number of ether oxygens (including phenoxy) is 2. The average Bonchev–Trinajstić information content (AvgIpc) is 3.17. The van der Waals surface area contributed by atoms with Crippen molar-refractivity contribution in [2.24, 2.45) is 0 Å². The van der Waals surface area contributed by atoms with Gasteiger partial charge in [0.15, 0.2) is 6.61 Å². The van der Waals surface area contributed by atoms with Crippen LogP contribution < -0.4 is 15.0 Å². The molecule has 1 aromatic heterocycles. The summed E-state index contributed by atoms with van der Waals surface area (Å²) in [6.07, 6.45) is 0.0571. The third kappa shape index (κ3) is 5.23. The van der Waals surface area contributed by atoms with Gasteiger partial charge in [-0.05, 0) is 56.3 Å². The van der Waals surface area contributed by atoms with E-state index in [1.165, 1.54) is 6.07 Å². The predicted molar refractivity (Wildman–Crippen MR) is 116 cm³/mol. The van der Waals surface area contributed by atoms with Crippen molar-refractivity contribution in [2.75, 3.05) is 23.3 Å². The number of morpholine rings is 1. The second-order valence-electron chi connectivity index (χ2n) is 7.83. The smallest absolute Gasteiger partial charge is 0.255 e.